The third-order valence-electron chi connectivity index (χ3n) is 17.0. The highest BCUT2D eigenvalue weighted by molar-refractivity contribution is 5.71. The van der Waals surface area contributed by atoms with Crippen LogP contribution in [0.4, 0.5) is 0 Å². The first-order chi connectivity index (χ1) is 39.5. The minimum absolute atomic E-state index is 0.0655. The molecule has 6 heteroatoms. The molecule has 0 aliphatic rings. The van der Waals surface area contributed by atoms with Gasteiger partial charge in [-0.15, -0.1) is 0 Å². The number of allylic oxidation sites excluding steroid dienone is 2. The summed E-state index contributed by atoms with van der Waals surface area (Å²) < 4.78 is 17.0. The standard InChI is InChI=1S/C74H142O6/c1-4-7-10-13-16-19-22-25-28-30-32-34-35-36-37-38-39-41-42-44-46-49-52-55-58-61-64-67-73(76)79-70-71(69-78-72(75)66-63-60-57-54-51-48-27-24-21-18-15-12-9-6-3)80-74(77)68-65-62-59-56-53-50-47-45-43-40-33-31-29-26-23-20-17-14-11-8-5-2/h24,27,71H,4-23,25-26,28-70H2,1-3H3/b27-24-. The van der Waals surface area contributed by atoms with E-state index in [4.69, 9.17) is 14.2 Å². The molecular weight excluding hydrogens is 985 g/mol. The Morgan fingerprint density at radius 1 is 0.237 bits per heavy atom. The maximum absolute atomic E-state index is 13.0. The first-order valence-electron chi connectivity index (χ1n) is 36.7. The molecule has 0 spiro atoms. The van der Waals surface area contributed by atoms with E-state index < -0.39 is 6.10 Å². The average molecular weight is 1130 g/mol. The Morgan fingerprint density at radius 2 is 0.412 bits per heavy atom. The van der Waals surface area contributed by atoms with Crippen LogP contribution >= 0.6 is 0 Å². The van der Waals surface area contributed by atoms with Crippen LogP contribution in [-0.2, 0) is 28.6 Å². The molecule has 1 atom stereocenters. The summed E-state index contributed by atoms with van der Waals surface area (Å²) in [5.74, 6) is -0.837. The predicted octanol–water partition coefficient (Wildman–Crippen LogP) is 25.2. The van der Waals surface area contributed by atoms with Gasteiger partial charge in [-0.2, -0.15) is 0 Å². The number of carbonyl (C=O) groups excluding carboxylic acids is 3. The zero-order valence-electron chi connectivity index (χ0n) is 54.6. The predicted molar refractivity (Wildman–Crippen MR) is 349 cm³/mol. The quantitative estimate of drug-likeness (QED) is 0.0261. The van der Waals surface area contributed by atoms with Crippen molar-refractivity contribution < 1.29 is 28.6 Å². The Labute approximate surface area is 501 Å². The third kappa shape index (κ3) is 66.9. The van der Waals surface area contributed by atoms with Gasteiger partial charge in [0.05, 0.1) is 0 Å². The number of hydrogen-bond acceptors (Lipinski definition) is 6. The van der Waals surface area contributed by atoms with E-state index in [2.05, 4.69) is 32.9 Å². The van der Waals surface area contributed by atoms with Gasteiger partial charge < -0.3 is 14.2 Å². The molecule has 0 heterocycles. The number of hydrogen-bond donors (Lipinski definition) is 0. The van der Waals surface area contributed by atoms with Gasteiger partial charge in [0.15, 0.2) is 6.10 Å². The largest absolute Gasteiger partial charge is 0.462 e. The first kappa shape index (κ1) is 78.1. The maximum atomic E-state index is 13.0. The van der Waals surface area contributed by atoms with Crippen LogP contribution in [0.3, 0.4) is 0 Å². The third-order valence-corrected chi connectivity index (χ3v) is 17.0. The van der Waals surface area contributed by atoms with Crippen LogP contribution in [-0.4, -0.2) is 37.2 Å². The van der Waals surface area contributed by atoms with Crippen LogP contribution in [0.2, 0.25) is 0 Å². The van der Waals surface area contributed by atoms with Crippen molar-refractivity contribution >= 4 is 17.9 Å². The first-order valence-corrected chi connectivity index (χ1v) is 36.7. The molecule has 0 radical (unpaired) electrons. The second-order valence-electron chi connectivity index (χ2n) is 25.2. The van der Waals surface area contributed by atoms with Crippen molar-refractivity contribution in [1.29, 1.82) is 0 Å². The fourth-order valence-corrected chi connectivity index (χ4v) is 11.5. The molecule has 0 aliphatic heterocycles. The zero-order chi connectivity index (χ0) is 57.8. The van der Waals surface area contributed by atoms with E-state index >= 15 is 0 Å². The molecule has 474 valence electrons. The lowest BCUT2D eigenvalue weighted by molar-refractivity contribution is -0.167. The molecule has 0 aliphatic carbocycles. The molecule has 1 unspecified atom stereocenters. The molecule has 0 bridgehead atoms. The lowest BCUT2D eigenvalue weighted by atomic mass is 10.0. The lowest BCUT2D eigenvalue weighted by Gasteiger charge is -2.18. The van der Waals surface area contributed by atoms with Crippen LogP contribution in [0.1, 0.15) is 425 Å². The fraction of sp³-hybridized carbons (Fsp3) is 0.932. The molecule has 6 nitrogen and oxygen atoms in total. The molecule has 0 aromatic rings. The number of carbonyl (C=O) groups is 3. The van der Waals surface area contributed by atoms with E-state index in [-0.39, 0.29) is 31.1 Å². The molecule has 0 amide bonds. The minimum atomic E-state index is -0.770. The second-order valence-corrected chi connectivity index (χ2v) is 25.2. The summed E-state index contributed by atoms with van der Waals surface area (Å²) in [6, 6.07) is 0. The van der Waals surface area contributed by atoms with Crippen molar-refractivity contribution in [3.05, 3.63) is 12.2 Å². The molecule has 0 saturated carbocycles. The van der Waals surface area contributed by atoms with Crippen LogP contribution in [0.25, 0.3) is 0 Å². The molecule has 0 rings (SSSR count). The van der Waals surface area contributed by atoms with Gasteiger partial charge in [-0.05, 0) is 44.9 Å². The maximum Gasteiger partial charge on any atom is 0.306 e. The second kappa shape index (κ2) is 69.6. The summed E-state index contributed by atoms with van der Waals surface area (Å²) in [6.45, 7) is 6.72. The van der Waals surface area contributed by atoms with Gasteiger partial charge in [0.1, 0.15) is 13.2 Å². The summed E-state index contributed by atoms with van der Waals surface area (Å²) >= 11 is 0. The van der Waals surface area contributed by atoms with E-state index in [0.29, 0.717) is 19.3 Å². The van der Waals surface area contributed by atoms with Crippen molar-refractivity contribution in [2.75, 3.05) is 13.2 Å². The van der Waals surface area contributed by atoms with Crippen molar-refractivity contribution in [2.45, 2.75) is 431 Å². The number of ether oxygens (including phenoxy) is 3. The average Bonchev–Trinajstić information content (AvgIpc) is 3.46. The lowest BCUT2D eigenvalue weighted by Crippen LogP contribution is -2.30. The monoisotopic (exact) mass is 1130 g/mol. The van der Waals surface area contributed by atoms with Crippen LogP contribution in [0, 0.1) is 0 Å². The Bertz CT molecular complexity index is 1250. The summed E-state index contributed by atoms with van der Waals surface area (Å²) in [6.07, 6.45) is 84.0. The van der Waals surface area contributed by atoms with Gasteiger partial charge >= 0.3 is 17.9 Å². The Hall–Kier alpha value is -1.85. The van der Waals surface area contributed by atoms with Crippen LogP contribution in [0.15, 0.2) is 12.2 Å². The highest BCUT2D eigenvalue weighted by Gasteiger charge is 2.20. The molecule has 0 aromatic heterocycles. The summed E-state index contributed by atoms with van der Waals surface area (Å²) in [5, 5.41) is 0. The zero-order valence-corrected chi connectivity index (χ0v) is 54.6. The molecular formula is C74H142O6. The van der Waals surface area contributed by atoms with Gasteiger partial charge in [0, 0.05) is 19.3 Å². The van der Waals surface area contributed by atoms with Crippen LogP contribution in [0.5, 0.6) is 0 Å². The van der Waals surface area contributed by atoms with E-state index in [1.165, 1.54) is 321 Å². The topological polar surface area (TPSA) is 78.9 Å². The van der Waals surface area contributed by atoms with Gasteiger partial charge in [0.25, 0.3) is 0 Å². The Balaban J connectivity index is 4.19. The number of esters is 3. The van der Waals surface area contributed by atoms with Crippen molar-refractivity contribution in [2.24, 2.45) is 0 Å². The van der Waals surface area contributed by atoms with Crippen molar-refractivity contribution in [1.82, 2.24) is 0 Å². The smallest absolute Gasteiger partial charge is 0.306 e. The molecule has 0 aromatic carbocycles. The van der Waals surface area contributed by atoms with Crippen molar-refractivity contribution in [3.63, 3.8) is 0 Å². The van der Waals surface area contributed by atoms with Gasteiger partial charge in [0.2, 0.25) is 0 Å². The molecule has 0 saturated heterocycles. The SMILES string of the molecule is CCCCCCC/C=C\CCCCCCCC(=O)OCC(COC(=O)CCCCCCCCCCCCCCCCCCCCCCCCCCCCC)OC(=O)CCCCCCCCCCCCCCCCCCCCCCC. The van der Waals surface area contributed by atoms with Crippen LogP contribution < -0.4 is 0 Å². The van der Waals surface area contributed by atoms with E-state index in [1.807, 2.05) is 0 Å². The van der Waals surface area contributed by atoms with E-state index in [9.17, 15) is 14.4 Å². The van der Waals surface area contributed by atoms with E-state index in [0.717, 1.165) is 64.2 Å². The van der Waals surface area contributed by atoms with Crippen molar-refractivity contribution in [3.8, 4) is 0 Å². The minimum Gasteiger partial charge on any atom is -0.462 e. The normalized spacial score (nSPS) is 12.0. The Morgan fingerprint density at radius 3 is 0.625 bits per heavy atom. The van der Waals surface area contributed by atoms with E-state index in [1.54, 1.807) is 0 Å². The highest BCUT2D eigenvalue weighted by Crippen LogP contribution is 2.19. The molecule has 0 fully saturated rings. The summed E-state index contributed by atoms with van der Waals surface area (Å²) in [4.78, 5) is 38.5. The number of rotatable bonds is 69. The molecule has 0 N–H and O–H groups in total. The van der Waals surface area contributed by atoms with Gasteiger partial charge in [-0.1, -0.05) is 373 Å². The highest BCUT2D eigenvalue weighted by atomic mass is 16.6. The number of unbranched alkanes of at least 4 members (excludes halogenated alkanes) is 56. The Kier molecular flexibility index (Phi) is 68.0. The fourth-order valence-electron chi connectivity index (χ4n) is 11.5. The summed E-state index contributed by atoms with van der Waals surface area (Å²) in [7, 11) is 0. The van der Waals surface area contributed by atoms with Gasteiger partial charge in [-0.3, -0.25) is 14.4 Å². The summed E-state index contributed by atoms with van der Waals surface area (Å²) in [5.41, 5.74) is 0. The molecule has 80 heavy (non-hydrogen) atoms. The van der Waals surface area contributed by atoms with Gasteiger partial charge in [-0.25, -0.2) is 0 Å².